The van der Waals surface area contributed by atoms with Crippen LogP contribution in [0.2, 0.25) is 0 Å². The maximum absolute atomic E-state index is 13.3. The van der Waals surface area contributed by atoms with Crippen LogP contribution in [0.3, 0.4) is 0 Å². The van der Waals surface area contributed by atoms with Crippen LogP contribution in [0.15, 0.2) is 23.0 Å². The number of benzene rings is 1. The summed E-state index contributed by atoms with van der Waals surface area (Å²) in [6, 6.07) is 3.80. The van der Waals surface area contributed by atoms with Crippen LogP contribution in [0, 0.1) is 5.92 Å². The Labute approximate surface area is 210 Å². The predicted molar refractivity (Wildman–Crippen MR) is 127 cm³/mol. The highest BCUT2D eigenvalue weighted by Gasteiger charge is 2.50. The number of rotatable bonds is 8. The van der Waals surface area contributed by atoms with Crippen molar-refractivity contribution in [3.8, 4) is 17.1 Å². The van der Waals surface area contributed by atoms with Crippen LogP contribution in [-0.4, -0.2) is 58.6 Å². The zero-order chi connectivity index (χ0) is 27.1. The van der Waals surface area contributed by atoms with Gasteiger partial charge in [0.05, 0.1) is 29.9 Å². The Bertz CT molecular complexity index is 1260. The largest absolute Gasteiger partial charge is 0.493 e. The van der Waals surface area contributed by atoms with Crippen LogP contribution in [0.1, 0.15) is 56.2 Å². The number of H-pyrrole nitrogens is 1. The van der Waals surface area contributed by atoms with E-state index in [2.05, 4.69) is 15.3 Å². The van der Waals surface area contributed by atoms with Gasteiger partial charge in [-0.25, -0.2) is 9.78 Å². The number of aromatic nitrogens is 2. The van der Waals surface area contributed by atoms with Gasteiger partial charge in [-0.3, -0.25) is 9.59 Å². The van der Waals surface area contributed by atoms with Crippen molar-refractivity contribution in [1.29, 1.82) is 0 Å². The van der Waals surface area contributed by atoms with Crippen molar-refractivity contribution in [3.63, 3.8) is 0 Å². The second kappa shape index (κ2) is 10.1. The van der Waals surface area contributed by atoms with Crippen molar-refractivity contribution in [3.05, 3.63) is 39.8 Å². The number of nitrogens with zero attached hydrogens (tertiary/aromatic N) is 3. The number of aromatic amines is 1. The van der Waals surface area contributed by atoms with Gasteiger partial charge in [-0.2, -0.15) is 18.2 Å². The van der Waals surface area contributed by atoms with Gasteiger partial charge in [0.15, 0.2) is 11.5 Å². The Kier molecular flexibility index (Phi) is 7.29. The summed E-state index contributed by atoms with van der Waals surface area (Å²) in [6.45, 7) is 8.32. The van der Waals surface area contributed by atoms with Crippen LogP contribution in [0.25, 0.3) is 11.4 Å². The summed E-state index contributed by atoms with van der Waals surface area (Å²) >= 11 is 0. The number of hydrazine groups is 1. The number of fused-ring (bicyclic) bond motifs is 1. The molecule has 2 aromatic rings. The summed E-state index contributed by atoms with van der Waals surface area (Å²) in [6.07, 6.45) is -4.90. The van der Waals surface area contributed by atoms with Gasteiger partial charge in [-0.1, -0.05) is 20.8 Å². The van der Waals surface area contributed by atoms with E-state index in [9.17, 15) is 27.6 Å². The number of alkyl halides is 3. The Hall–Kier alpha value is -3.45. The number of ketones is 1. The van der Waals surface area contributed by atoms with Crippen molar-refractivity contribution in [1.82, 2.24) is 20.3 Å². The second-order valence-electron chi connectivity index (χ2n) is 9.39. The number of anilines is 1. The number of Topliss-reactive ketones (excluding diaryl/α,β-unsaturated/α-hetero) is 1. The molecule has 0 spiro atoms. The average Bonchev–Trinajstić information content (AvgIpc) is 3.08. The van der Waals surface area contributed by atoms with E-state index in [1.807, 2.05) is 13.8 Å². The summed E-state index contributed by atoms with van der Waals surface area (Å²) in [5, 5.41) is 5.10. The number of carbonyl (C=O) groups excluding carboxylic acids is 2. The molecule has 4 rings (SSSR count). The smallest absolute Gasteiger partial charge is 0.493 e. The van der Waals surface area contributed by atoms with Crippen LogP contribution in [0.5, 0.6) is 5.75 Å². The van der Waals surface area contributed by atoms with Gasteiger partial charge in [0.1, 0.15) is 11.6 Å². The quantitative estimate of drug-likeness (QED) is 0.503. The van der Waals surface area contributed by atoms with Gasteiger partial charge in [-0.05, 0) is 37.5 Å². The molecule has 0 radical (unpaired) electrons. The minimum absolute atomic E-state index is 0.0831. The SMILES string of the molecule is CCC1c2nc(-c3cc(C(C)=O)ccc3OCC(C)C)[nH]c(=O)c2N(OC(=O)C(F)(F)F)N1C1CNC1. The molecule has 2 aliphatic heterocycles. The first kappa shape index (κ1) is 26.6. The van der Waals surface area contributed by atoms with Gasteiger partial charge in [-0.15, -0.1) is 5.17 Å². The Morgan fingerprint density at radius 1 is 1.24 bits per heavy atom. The number of halogens is 3. The molecule has 0 bridgehead atoms. The molecule has 37 heavy (non-hydrogen) atoms. The molecule has 3 heterocycles. The highest BCUT2D eigenvalue weighted by atomic mass is 19.4. The van der Waals surface area contributed by atoms with Crippen LogP contribution in [-0.2, 0) is 9.63 Å². The van der Waals surface area contributed by atoms with Gasteiger partial charge in [0, 0.05) is 18.7 Å². The fourth-order valence-electron chi connectivity index (χ4n) is 4.18. The third-order valence-electron chi connectivity index (χ3n) is 6.09. The van der Waals surface area contributed by atoms with Crippen molar-refractivity contribution in [2.45, 2.75) is 52.4 Å². The summed E-state index contributed by atoms with van der Waals surface area (Å²) in [7, 11) is 0. The molecule has 0 amide bonds. The van der Waals surface area contributed by atoms with Gasteiger partial charge < -0.3 is 19.9 Å². The molecule has 200 valence electrons. The molecule has 1 aromatic heterocycles. The number of nitrogens with one attached hydrogen (secondary N) is 2. The van der Waals surface area contributed by atoms with E-state index in [1.54, 1.807) is 25.1 Å². The first-order valence-corrected chi connectivity index (χ1v) is 11.9. The minimum Gasteiger partial charge on any atom is -0.493 e. The molecule has 1 atom stereocenters. The number of hydrogen-bond donors (Lipinski definition) is 2. The molecule has 2 N–H and O–H groups in total. The second-order valence-corrected chi connectivity index (χ2v) is 9.39. The van der Waals surface area contributed by atoms with E-state index in [-0.39, 0.29) is 34.9 Å². The van der Waals surface area contributed by atoms with Gasteiger partial charge in [0.25, 0.3) is 5.56 Å². The molecule has 0 aliphatic carbocycles. The normalized spacial score (nSPS) is 18.1. The maximum atomic E-state index is 13.3. The summed E-state index contributed by atoms with van der Waals surface area (Å²) in [5.41, 5.74) is -0.222. The lowest BCUT2D eigenvalue weighted by Gasteiger charge is -2.41. The minimum atomic E-state index is -5.26. The van der Waals surface area contributed by atoms with Crippen LogP contribution < -0.4 is 20.8 Å². The topological polar surface area (TPSA) is 117 Å². The van der Waals surface area contributed by atoms with Crippen molar-refractivity contribution >= 4 is 17.4 Å². The zero-order valence-electron chi connectivity index (χ0n) is 20.8. The van der Waals surface area contributed by atoms with E-state index in [0.717, 1.165) is 0 Å². The Morgan fingerprint density at radius 3 is 2.49 bits per heavy atom. The number of carbonyl (C=O) groups is 2. The molecular formula is C24H28F3N5O5. The standard InChI is InChI=1S/C24H28F3N5O5/c1-5-17-19-20(32(31(17)15-9-28-10-15)37-23(35)24(25,26)27)22(34)30-21(29-19)16-8-14(13(4)33)6-7-18(16)36-11-12(2)3/h6-8,12,15,17,28H,5,9-11H2,1-4H3,(H,29,30,34). The molecule has 2 aliphatic rings. The fraction of sp³-hybridized carbons (Fsp3) is 0.500. The highest BCUT2D eigenvalue weighted by molar-refractivity contribution is 5.95. The monoisotopic (exact) mass is 523 g/mol. The molecule has 13 heteroatoms. The molecular weight excluding hydrogens is 495 g/mol. The summed E-state index contributed by atoms with van der Waals surface area (Å²) < 4.78 is 45.1. The van der Waals surface area contributed by atoms with E-state index >= 15 is 0 Å². The van der Waals surface area contributed by atoms with Gasteiger partial charge >= 0.3 is 12.1 Å². The third-order valence-corrected chi connectivity index (χ3v) is 6.09. The van der Waals surface area contributed by atoms with Crippen LogP contribution in [0.4, 0.5) is 18.9 Å². The van der Waals surface area contributed by atoms with E-state index in [1.165, 1.54) is 11.9 Å². The molecule has 1 saturated heterocycles. The fourth-order valence-corrected chi connectivity index (χ4v) is 4.18. The summed E-state index contributed by atoms with van der Waals surface area (Å²) in [4.78, 5) is 49.0. The average molecular weight is 524 g/mol. The van der Waals surface area contributed by atoms with Gasteiger partial charge in [0.2, 0.25) is 0 Å². The molecule has 0 saturated carbocycles. The van der Waals surface area contributed by atoms with Crippen molar-refractivity contribution in [2.75, 3.05) is 24.9 Å². The Balaban J connectivity index is 1.85. The third kappa shape index (κ3) is 5.18. The van der Waals surface area contributed by atoms with E-state index in [0.29, 0.717) is 48.2 Å². The zero-order valence-corrected chi connectivity index (χ0v) is 20.8. The molecule has 1 aromatic carbocycles. The van der Waals surface area contributed by atoms with E-state index in [4.69, 9.17) is 9.57 Å². The summed E-state index contributed by atoms with van der Waals surface area (Å²) in [5.74, 6) is -2.00. The predicted octanol–water partition coefficient (Wildman–Crippen LogP) is 3.15. The van der Waals surface area contributed by atoms with E-state index < -0.39 is 23.7 Å². The Morgan fingerprint density at radius 2 is 1.95 bits per heavy atom. The van der Waals surface area contributed by atoms with Crippen LogP contribution >= 0.6 is 0 Å². The van der Waals surface area contributed by atoms with Crippen molar-refractivity contribution in [2.24, 2.45) is 5.92 Å². The lowest BCUT2D eigenvalue weighted by atomic mass is 10.0. The first-order chi connectivity index (χ1) is 17.4. The highest BCUT2D eigenvalue weighted by Crippen LogP contribution is 2.42. The first-order valence-electron chi connectivity index (χ1n) is 11.9. The molecule has 10 nitrogen and oxygen atoms in total. The molecule has 1 fully saturated rings. The lowest BCUT2D eigenvalue weighted by Crippen LogP contribution is -2.62. The lowest BCUT2D eigenvalue weighted by molar-refractivity contribution is -0.209. The van der Waals surface area contributed by atoms with Crippen molar-refractivity contribution < 1.29 is 32.3 Å². The molecule has 1 unspecified atom stereocenters. The number of ether oxygens (including phenoxy) is 1. The maximum Gasteiger partial charge on any atom is 0.493 e. The number of hydrogen-bond acceptors (Lipinski definition) is 9.